The average Bonchev–Trinajstić information content (AvgIpc) is 2.61. The molecule has 0 rings (SSSR count). The molecule has 0 aliphatic heterocycles. The van der Waals surface area contributed by atoms with Crippen molar-refractivity contribution < 1.29 is 4.79 Å². The number of rotatable bonds is 21. The molecule has 0 saturated heterocycles. The Morgan fingerprint density at radius 3 is 1.00 bits per heavy atom. The highest BCUT2D eigenvalue weighted by Crippen LogP contribution is 2.14. The Hall–Kier alpha value is -0.330. The summed E-state index contributed by atoms with van der Waals surface area (Å²) in [6, 6.07) is 0. The summed E-state index contributed by atoms with van der Waals surface area (Å²) in [5.41, 5.74) is 0. The van der Waals surface area contributed by atoms with Crippen LogP contribution < -0.4 is 0 Å². The zero-order valence-corrected chi connectivity index (χ0v) is 17.8. The van der Waals surface area contributed by atoms with Crippen molar-refractivity contribution in [1.29, 1.82) is 0 Å². The number of carbonyl (C=O) groups is 1. The smallest absolute Gasteiger partial charge is 0.132 e. The number of carbonyl (C=O) groups excluding carboxylic acids is 1. The lowest BCUT2D eigenvalue weighted by Gasteiger charge is -2.04. The maximum Gasteiger partial charge on any atom is 0.132 e. The van der Waals surface area contributed by atoms with Crippen molar-refractivity contribution in [3.05, 3.63) is 0 Å². The number of hydrogen-bond acceptors (Lipinski definition) is 1. The molecule has 0 fully saturated rings. The number of Topliss-reactive ketones (excluding diaryl/α,β-unsaturated/α-hetero) is 1. The van der Waals surface area contributed by atoms with E-state index in [1.54, 1.807) is 0 Å². The van der Waals surface area contributed by atoms with Gasteiger partial charge in [-0.3, -0.25) is 4.79 Å². The van der Waals surface area contributed by atoms with Gasteiger partial charge >= 0.3 is 0 Å². The first-order chi connectivity index (χ1) is 12.3. The van der Waals surface area contributed by atoms with E-state index in [-0.39, 0.29) is 0 Å². The van der Waals surface area contributed by atoms with Crippen LogP contribution in [0.1, 0.15) is 149 Å². The number of unbranched alkanes of at least 4 members (excludes halogenated alkanes) is 17. The molecular weight excluding hydrogens is 304 g/mol. The van der Waals surface area contributed by atoms with E-state index in [1.165, 1.54) is 109 Å². The third-order valence-corrected chi connectivity index (χ3v) is 5.37. The summed E-state index contributed by atoms with van der Waals surface area (Å²) in [4.78, 5) is 11.7. The fraction of sp³-hybridized carbons (Fsp3) is 0.958. The first kappa shape index (κ1) is 24.7. The molecular formula is C24H48O. The highest BCUT2D eigenvalue weighted by atomic mass is 16.1. The lowest BCUT2D eigenvalue weighted by molar-refractivity contribution is -0.119. The van der Waals surface area contributed by atoms with E-state index in [0.717, 1.165) is 25.7 Å². The zero-order valence-electron chi connectivity index (χ0n) is 17.8. The fourth-order valence-corrected chi connectivity index (χ4v) is 3.57. The van der Waals surface area contributed by atoms with Crippen LogP contribution >= 0.6 is 0 Å². The van der Waals surface area contributed by atoms with Gasteiger partial charge in [0, 0.05) is 12.8 Å². The van der Waals surface area contributed by atoms with Gasteiger partial charge in [-0.15, -0.1) is 0 Å². The Labute approximate surface area is 159 Å². The van der Waals surface area contributed by atoms with E-state index < -0.39 is 0 Å². The molecule has 0 saturated carbocycles. The van der Waals surface area contributed by atoms with Crippen molar-refractivity contribution in [3.8, 4) is 0 Å². The molecule has 0 aromatic carbocycles. The minimum Gasteiger partial charge on any atom is -0.300 e. The monoisotopic (exact) mass is 352 g/mol. The Morgan fingerprint density at radius 2 is 0.640 bits per heavy atom. The topological polar surface area (TPSA) is 17.1 Å². The Balaban J connectivity index is 3.06. The van der Waals surface area contributed by atoms with Crippen LogP contribution in [0.5, 0.6) is 0 Å². The first-order valence-corrected chi connectivity index (χ1v) is 11.8. The molecule has 0 heterocycles. The lowest BCUT2D eigenvalue weighted by Crippen LogP contribution is -1.97. The van der Waals surface area contributed by atoms with Gasteiger partial charge in [-0.1, -0.05) is 123 Å². The molecule has 0 aliphatic carbocycles. The van der Waals surface area contributed by atoms with Gasteiger partial charge in [0.05, 0.1) is 0 Å². The average molecular weight is 353 g/mol. The van der Waals surface area contributed by atoms with E-state index in [4.69, 9.17) is 0 Å². The first-order valence-electron chi connectivity index (χ1n) is 11.8. The second-order valence-electron chi connectivity index (χ2n) is 8.05. The summed E-state index contributed by atoms with van der Waals surface area (Å²) in [5.74, 6) is 0.499. The lowest BCUT2D eigenvalue weighted by atomic mass is 10.0. The Kier molecular flexibility index (Phi) is 21.4. The van der Waals surface area contributed by atoms with Gasteiger partial charge in [0.2, 0.25) is 0 Å². The van der Waals surface area contributed by atoms with E-state index in [9.17, 15) is 4.79 Å². The predicted molar refractivity (Wildman–Crippen MR) is 113 cm³/mol. The van der Waals surface area contributed by atoms with Crippen LogP contribution in [0.2, 0.25) is 0 Å². The van der Waals surface area contributed by atoms with Crippen LogP contribution in [0.25, 0.3) is 0 Å². The number of hydrogen-bond donors (Lipinski definition) is 0. The molecule has 0 bridgehead atoms. The molecule has 0 atom stereocenters. The normalized spacial score (nSPS) is 11.1. The van der Waals surface area contributed by atoms with Crippen molar-refractivity contribution in [3.63, 3.8) is 0 Å². The maximum atomic E-state index is 11.7. The third-order valence-electron chi connectivity index (χ3n) is 5.37. The quantitative estimate of drug-likeness (QED) is 0.189. The van der Waals surface area contributed by atoms with E-state index in [0.29, 0.717) is 5.78 Å². The second-order valence-corrected chi connectivity index (χ2v) is 8.05. The summed E-state index contributed by atoms with van der Waals surface area (Å²) in [7, 11) is 0. The van der Waals surface area contributed by atoms with Crippen molar-refractivity contribution in [1.82, 2.24) is 0 Å². The summed E-state index contributed by atoms with van der Waals surface area (Å²) in [6.07, 6.45) is 27.5. The summed E-state index contributed by atoms with van der Waals surface area (Å²) in [5, 5.41) is 0. The van der Waals surface area contributed by atoms with Gasteiger partial charge < -0.3 is 0 Å². The molecule has 0 N–H and O–H groups in total. The van der Waals surface area contributed by atoms with Crippen LogP contribution in [0, 0.1) is 0 Å². The molecule has 150 valence electrons. The van der Waals surface area contributed by atoms with E-state index >= 15 is 0 Å². The molecule has 0 aromatic heterocycles. The standard InChI is InChI=1S/C24H48O/c1-3-5-7-8-9-10-11-12-13-14-15-16-17-18-19-21-23-24(25)22-20-6-4-2/h3-23H2,1-2H3. The molecule has 25 heavy (non-hydrogen) atoms. The van der Waals surface area contributed by atoms with E-state index in [1.807, 2.05) is 0 Å². The molecule has 0 amide bonds. The van der Waals surface area contributed by atoms with Crippen LogP contribution in [-0.4, -0.2) is 5.78 Å². The molecule has 0 radical (unpaired) electrons. The van der Waals surface area contributed by atoms with Gasteiger partial charge in [0.15, 0.2) is 0 Å². The molecule has 1 nitrogen and oxygen atoms in total. The molecule has 1 heteroatoms. The molecule has 0 spiro atoms. The minimum absolute atomic E-state index is 0.499. The zero-order chi connectivity index (χ0) is 18.4. The third kappa shape index (κ3) is 21.6. The van der Waals surface area contributed by atoms with Gasteiger partial charge in [-0.25, -0.2) is 0 Å². The fourth-order valence-electron chi connectivity index (χ4n) is 3.57. The van der Waals surface area contributed by atoms with Crippen LogP contribution in [0.15, 0.2) is 0 Å². The van der Waals surface area contributed by atoms with Gasteiger partial charge in [0.1, 0.15) is 5.78 Å². The largest absolute Gasteiger partial charge is 0.300 e. The highest BCUT2D eigenvalue weighted by molar-refractivity contribution is 5.78. The van der Waals surface area contributed by atoms with Crippen LogP contribution in [-0.2, 0) is 4.79 Å². The Bertz CT molecular complexity index is 259. The molecule has 0 unspecified atom stereocenters. The molecule has 0 aliphatic rings. The van der Waals surface area contributed by atoms with Gasteiger partial charge in [-0.05, 0) is 12.8 Å². The minimum atomic E-state index is 0.499. The van der Waals surface area contributed by atoms with E-state index in [2.05, 4.69) is 13.8 Å². The summed E-state index contributed by atoms with van der Waals surface area (Å²) >= 11 is 0. The highest BCUT2D eigenvalue weighted by Gasteiger charge is 2.01. The van der Waals surface area contributed by atoms with Crippen molar-refractivity contribution in [2.45, 2.75) is 149 Å². The van der Waals surface area contributed by atoms with Gasteiger partial charge in [-0.2, -0.15) is 0 Å². The van der Waals surface area contributed by atoms with Crippen LogP contribution in [0.4, 0.5) is 0 Å². The number of ketones is 1. The molecule has 0 aromatic rings. The SMILES string of the molecule is CCCCCCCCCCCCCCCCCCC(=O)CCCCC. The Morgan fingerprint density at radius 1 is 0.400 bits per heavy atom. The predicted octanol–water partition coefficient (Wildman–Crippen LogP) is 8.79. The second kappa shape index (κ2) is 21.7. The maximum absolute atomic E-state index is 11.7. The van der Waals surface area contributed by atoms with Crippen molar-refractivity contribution in [2.75, 3.05) is 0 Å². The van der Waals surface area contributed by atoms with Crippen molar-refractivity contribution >= 4 is 5.78 Å². The summed E-state index contributed by atoms with van der Waals surface area (Å²) < 4.78 is 0. The van der Waals surface area contributed by atoms with Gasteiger partial charge in [0.25, 0.3) is 0 Å². The van der Waals surface area contributed by atoms with Crippen molar-refractivity contribution in [2.24, 2.45) is 0 Å². The van der Waals surface area contributed by atoms with Crippen LogP contribution in [0.3, 0.4) is 0 Å². The summed E-state index contributed by atoms with van der Waals surface area (Å²) in [6.45, 7) is 4.48.